The van der Waals surface area contributed by atoms with E-state index < -0.39 is 0 Å². The standard InChI is InChI=1S/C15H24N2/c1-2-4-7-14(6-3-1)12-17-11-9-15-8-5-10-16-13-15/h5,8,10,13-14,17H,1-4,6-7,9,11-12H2. The van der Waals surface area contributed by atoms with Gasteiger partial charge in [-0.2, -0.15) is 0 Å². The Kier molecular flexibility index (Phi) is 5.50. The van der Waals surface area contributed by atoms with Crippen molar-refractivity contribution in [2.45, 2.75) is 44.9 Å². The molecule has 1 aromatic rings. The lowest BCUT2D eigenvalue weighted by Gasteiger charge is -2.14. The van der Waals surface area contributed by atoms with E-state index in [0.717, 1.165) is 18.9 Å². The summed E-state index contributed by atoms with van der Waals surface area (Å²) in [4.78, 5) is 4.14. The van der Waals surface area contributed by atoms with Gasteiger partial charge in [0.15, 0.2) is 0 Å². The lowest BCUT2D eigenvalue weighted by molar-refractivity contribution is 0.427. The minimum absolute atomic E-state index is 0.923. The summed E-state index contributed by atoms with van der Waals surface area (Å²) in [7, 11) is 0. The smallest absolute Gasteiger partial charge is 0.0300 e. The second-order valence-corrected chi connectivity index (χ2v) is 5.17. The maximum Gasteiger partial charge on any atom is 0.0300 e. The first-order valence-electron chi connectivity index (χ1n) is 7.05. The molecule has 1 heterocycles. The van der Waals surface area contributed by atoms with Crippen molar-refractivity contribution in [3.05, 3.63) is 30.1 Å². The molecule has 1 aromatic heterocycles. The Bertz CT molecular complexity index is 289. The molecule has 0 bridgehead atoms. The van der Waals surface area contributed by atoms with Gasteiger partial charge < -0.3 is 5.32 Å². The third-order valence-electron chi connectivity index (χ3n) is 3.72. The van der Waals surface area contributed by atoms with E-state index in [2.05, 4.69) is 16.4 Å². The average Bonchev–Trinajstić information content (AvgIpc) is 2.65. The van der Waals surface area contributed by atoms with Gasteiger partial charge in [-0.1, -0.05) is 31.7 Å². The predicted octanol–water partition coefficient (Wildman–Crippen LogP) is 3.18. The Balaban J connectivity index is 1.59. The molecule has 0 aliphatic heterocycles. The molecule has 0 amide bonds. The van der Waals surface area contributed by atoms with Gasteiger partial charge in [0, 0.05) is 12.4 Å². The molecule has 0 atom stereocenters. The number of hydrogen-bond acceptors (Lipinski definition) is 2. The molecule has 2 rings (SSSR count). The predicted molar refractivity (Wildman–Crippen MR) is 72.0 cm³/mol. The van der Waals surface area contributed by atoms with E-state index in [1.165, 1.54) is 50.6 Å². The highest BCUT2D eigenvalue weighted by atomic mass is 14.9. The van der Waals surface area contributed by atoms with Crippen molar-refractivity contribution in [2.24, 2.45) is 5.92 Å². The number of nitrogens with one attached hydrogen (secondary N) is 1. The van der Waals surface area contributed by atoms with Crippen molar-refractivity contribution in [1.29, 1.82) is 0 Å². The van der Waals surface area contributed by atoms with Crippen LogP contribution in [-0.2, 0) is 6.42 Å². The molecule has 1 N–H and O–H groups in total. The Morgan fingerprint density at radius 1 is 1.18 bits per heavy atom. The first-order chi connectivity index (χ1) is 8.45. The molecule has 17 heavy (non-hydrogen) atoms. The van der Waals surface area contributed by atoms with Crippen LogP contribution in [0.4, 0.5) is 0 Å². The highest BCUT2D eigenvalue weighted by Crippen LogP contribution is 2.21. The lowest BCUT2D eigenvalue weighted by Crippen LogP contribution is -2.24. The molecular weight excluding hydrogens is 208 g/mol. The number of nitrogens with zero attached hydrogens (tertiary/aromatic N) is 1. The van der Waals surface area contributed by atoms with Gasteiger partial charge in [0.2, 0.25) is 0 Å². The van der Waals surface area contributed by atoms with Crippen LogP contribution < -0.4 is 5.32 Å². The molecule has 0 unspecified atom stereocenters. The zero-order valence-electron chi connectivity index (χ0n) is 10.7. The van der Waals surface area contributed by atoms with Gasteiger partial charge in [-0.15, -0.1) is 0 Å². The number of aromatic nitrogens is 1. The maximum atomic E-state index is 4.14. The number of pyridine rings is 1. The second kappa shape index (κ2) is 7.44. The maximum absolute atomic E-state index is 4.14. The Hall–Kier alpha value is -0.890. The summed E-state index contributed by atoms with van der Waals surface area (Å²) in [6.07, 6.45) is 13.5. The van der Waals surface area contributed by atoms with Gasteiger partial charge in [0.05, 0.1) is 0 Å². The van der Waals surface area contributed by atoms with Crippen molar-refractivity contribution < 1.29 is 0 Å². The van der Waals surface area contributed by atoms with Gasteiger partial charge in [0.1, 0.15) is 0 Å². The fourth-order valence-corrected chi connectivity index (χ4v) is 2.65. The van der Waals surface area contributed by atoms with Crippen LogP contribution in [0.1, 0.15) is 44.1 Å². The largest absolute Gasteiger partial charge is 0.316 e. The van der Waals surface area contributed by atoms with Crippen molar-refractivity contribution in [1.82, 2.24) is 10.3 Å². The molecule has 1 aliphatic carbocycles. The van der Waals surface area contributed by atoms with Crippen LogP contribution in [0.5, 0.6) is 0 Å². The van der Waals surface area contributed by atoms with Gasteiger partial charge in [-0.05, 0) is 49.9 Å². The highest BCUT2D eigenvalue weighted by molar-refractivity contribution is 5.08. The van der Waals surface area contributed by atoms with Crippen LogP contribution in [0.3, 0.4) is 0 Å². The molecule has 0 spiro atoms. The normalized spacial score (nSPS) is 17.9. The first-order valence-corrected chi connectivity index (χ1v) is 7.05. The molecule has 0 radical (unpaired) electrons. The van der Waals surface area contributed by atoms with Gasteiger partial charge in [-0.25, -0.2) is 0 Å². The van der Waals surface area contributed by atoms with Gasteiger partial charge in [0.25, 0.3) is 0 Å². The van der Waals surface area contributed by atoms with Crippen molar-refractivity contribution in [3.8, 4) is 0 Å². The Morgan fingerprint density at radius 3 is 2.71 bits per heavy atom. The van der Waals surface area contributed by atoms with Crippen molar-refractivity contribution in [3.63, 3.8) is 0 Å². The van der Waals surface area contributed by atoms with E-state index >= 15 is 0 Å². The quantitative estimate of drug-likeness (QED) is 0.623. The summed E-state index contributed by atoms with van der Waals surface area (Å²) in [5.74, 6) is 0.923. The van der Waals surface area contributed by atoms with Crippen LogP contribution in [-0.4, -0.2) is 18.1 Å². The Morgan fingerprint density at radius 2 is 2.00 bits per heavy atom. The number of rotatable bonds is 5. The fraction of sp³-hybridized carbons (Fsp3) is 0.667. The molecular formula is C15H24N2. The van der Waals surface area contributed by atoms with Crippen molar-refractivity contribution >= 4 is 0 Å². The fourth-order valence-electron chi connectivity index (χ4n) is 2.65. The van der Waals surface area contributed by atoms with Crippen LogP contribution in [0.2, 0.25) is 0 Å². The summed E-state index contributed by atoms with van der Waals surface area (Å²) >= 11 is 0. The SMILES string of the molecule is c1cncc(CCNCC2CCCCCC2)c1. The third-order valence-corrected chi connectivity index (χ3v) is 3.72. The molecule has 2 heteroatoms. The summed E-state index contributed by atoms with van der Waals surface area (Å²) < 4.78 is 0. The van der Waals surface area contributed by atoms with E-state index in [1.807, 2.05) is 18.5 Å². The summed E-state index contributed by atoms with van der Waals surface area (Å²) in [5.41, 5.74) is 1.33. The average molecular weight is 232 g/mol. The summed E-state index contributed by atoms with van der Waals surface area (Å²) in [5, 5.41) is 3.60. The van der Waals surface area contributed by atoms with Gasteiger partial charge in [-0.3, -0.25) is 4.98 Å². The molecule has 1 saturated carbocycles. The van der Waals surface area contributed by atoms with Crippen LogP contribution >= 0.6 is 0 Å². The first kappa shape index (κ1) is 12.6. The zero-order valence-corrected chi connectivity index (χ0v) is 10.7. The molecule has 0 saturated heterocycles. The lowest BCUT2D eigenvalue weighted by atomic mass is 10.0. The highest BCUT2D eigenvalue weighted by Gasteiger charge is 2.11. The van der Waals surface area contributed by atoms with E-state index in [-0.39, 0.29) is 0 Å². The second-order valence-electron chi connectivity index (χ2n) is 5.17. The molecule has 1 fully saturated rings. The summed E-state index contributed by atoms with van der Waals surface area (Å²) in [6, 6.07) is 4.17. The molecule has 1 aliphatic rings. The zero-order chi connectivity index (χ0) is 11.8. The van der Waals surface area contributed by atoms with Crippen LogP contribution in [0.25, 0.3) is 0 Å². The minimum atomic E-state index is 0.923. The van der Waals surface area contributed by atoms with Crippen LogP contribution in [0, 0.1) is 5.92 Å². The van der Waals surface area contributed by atoms with E-state index in [9.17, 15) is 0 Å². The van der Waals surface area contributed by atoms with Gasteiger partial charge >= 0.3 is 0 Å². The van der Waals surface area contributed by atoms with E-state index in [4.69, 9.17) is 0 Å². The topological polar surface area (TPSA) is 24.9 Å². The van der Waals surface area contributed by atoms with Crippen LogP contribution in [0.15, 0.2) is 24.5 Å². The molecule has 0 aromatic carbocycles. The Labute approximate surface area is 105 Å². The van der Waals surface area contributed by atoms with Crippen molar-refractivity contribution in [2.75, 3.05) is 13.1 Å². The third kappa shape index (κ3) is 4.86. The summed E-state index contributed by atoms with van der Waals surface area (Å²) in [6.45, 7) is 2.29. The minimum Gasteiger partial charge on any atom is -0.316 e. The number of hydrogen-bond donors (Lipinski definition) is 1. The monoisotopic (exact) mass is 232 g/mol. The molecule has 2 nitrogen and oxygen atoms in total. The molecule has 94 valence electrons. The van der Waals surface area contributed by atoms with E-state index in [0.29, 0.717) is 0 Å². The van der Waals surface area contributed by atoms with E-state index in [1.54, 1.807) is 0 Å².